The number of carbonyl (C=O) groups excluding carboxylic acids is 1. The van der Waals surface area contributed by atoms with E-state index in [0.29, 0.717) is 0 Å². The molecule has 0 spiro atoms. The molecule has 1 unspecified atom stereocenters. The van der Waals surface area contributed by atoms with Crippen LogP contribution in [0.15, 0.2) is 0 Å². The highest BCUT2D eigenvalue weighted by Gasteiger charge is 2.60. The molecule has 0 aliphatic carbocycles. The van der Waals surface area contributed by atoms with Crippen LogP contribution in [0, 0.1) is 0 Å². The minimum Gasteiger partial charge on any atom is -0.455 e. The molecule has 0 rings (SSSR count). The van der Waals surface area contributed by atoms with Crippen LogP contribution in [0.1, 0.15) is 26.2 Å². The van der Waals surface area contributed by atoms with Crippen molar-refractivity contribution in [3.63, 3.8) is 0 Å². The second kappa shape index (κ2) is 6.53. The van der Waals surface area contributed by atoms with Crippen molar-refractivity contribution in [2.24, 2.45) is 0 Å². The fourth-order valence-electron chi connectivity index (χ4n) is 1.66. The quantitative estimate of drug-likeness (QED) is 0.439. The molecule has 126 valence electrons. The van der Waals surface area contributed by atoms with Gasteiger partial charge in [0.1, 0.15) is 0 Å². The highest BCUT2D eigenvalue weighted by molar-refractivity contribution is 7.54. The molecule has 0 saturated heterocycles. The van der Waals surface area contributed by atoms with E-state index in [-0.39, 0.29) is 6.42 Å². The fraction of sp³-hybridized carbons (Fsp3) is 0.889. The molecule has 0 aliphatic heterocycles. The van der Waals surface area contributed by atoms with E-state index in [0.717, 1.165) is 0 Å². The second-order valence-corrected chi connectivity index (χ2v) is 6.25. The monoisotopic (exact) mass is 346 g/mol. The summed E-state index contributed by atoms with van der Waals surface area (Å²) in [6.45, 7) is -1.01. The van der Waals surface area contributed by atoms with Crippen molar-refractivity contribution in [2.75, 3.05) is 6.61 Å². The zero-order chi connectivity index (χ0) is 17.1. The maximum absolute atomic E-state index is 12.5. The van der Waals surface area contributed by atoms with Crippen molar-refractivity contribution >= 4 is 13.6 Å². The van der Waals surface area contributed by atoms with Crippen LogP contribution in [0.25, 0.3) is 0 Å². The van der Waals surface area contributed by atoms with Gasteiger partial charge in [0, 0.05) is 0 Å². The molecule has 21 heavy (non-hydrogen) atoms. The van der Waals surface area contributed by atoms with Gasteiger partial charge in [0.2, 0.25) is 0 Å². The maximum Gasteiger partial charge on any atom is 0.422 e. The normalized spacial score (nSPS) is 16.4. The maximum atomic E-state index is 12.5. The lowest BCUT2D eigenvalue weighted by Gasteiger charge is -2.32. The molecule has 0 amide bonds. The average Bonchev–Trinajstić information content (AvgIpc) is 2.20. The van der Waals surface area contributed by atoms with Gasteiger partial charge in [-0.3, -0.25) is 9.36 Å². The molecular formula is C9H13F6O5P. The van der Waals surface area contributed by atoms with Crippen molar-refractivity contribution in [1.29, 1.82) is 0 Å². The molecule has 0 heterocycles. The lowest BCUT2D eigenvalue weighted by molar-refractivity contribution is -0.194. The van der Waals surface area contributed by atoms with Crippen LogP contribution in [0.3, 0.4) is 0 Å². The molecule has 0 bridgehead atoms. The molecule has 2 N–H and O–H groups in total. The lowest BCUT2D eigenvalue weighted by Crippen LogP contribution is -2.44. The van der Waals surface area contributed by atoms with Gasteiger partial charge in [-0.05, 0) is 6.42 Å². The fourth-order valence-corrected chi connectivity index (χ4v) is 2.86. The first-order chi connectivity index (χ1) is 9.15. The minimum atomic E-state index is -5.72. The summed E-state index contributed by atoms with van der Waals surface area (Å²) in [5.74, 6) is -2.22. The Balaban J connectivity index is 5.56. The molecule has 0 aromatic carbocycles. The van der Waals surface area contributed by atoms with Gasteiger partial charge in [-0.25, -0.2) is 0 Å². The van der Waals surface area contributed by atoms with E-state index in [1.165, 1.54) is 6.92 Å². The summed E-state index contributed by atoms with van der Waals surface area (Å²) < 4.78 is 88.1. The number of esters is 1. The Morgan fingerprint density at radius 3 is 1.86 bits per heavy atom. The van der Waals surface area contributed by atoms with Crippen LogP contribution in [-0.2, 0) is 14.1 Å². The number of halogens is 6. The summed E-state index contributed by atoms with van der Waals surface area (Å²) in [4.78, 5) is 29.6. The Hall–Kier alpha value is -0.800. The number of ether oxygens (including phenoxy) is 1. The number of carbonyl (C=O) groups is 1. The van der Waals surface area contributed by atoms with E-state index in [1.54, 1.807) is 0 Å². The van der Waals surface area contributed by atoms with Crippen molar-refractivity contribution < 1.29 is 50.2 Å². The molecular weight excluding hydrogens is 333 g/mol. The highest BCUT2D eigenvalue weighted by Crippen LogP contribution is 2.58. The number of alkyl halides is 6. The van der Waals surface area contributed by atoms with Gasteiger partial charge in [-0.2, -0.15) is 26.3 Å². The zero-order valence-electron chi connectivity index (χ0n) is 10.7. The summed E-state index contributed by atoms with van der Waals surface area (Å²) in [5, 5.41) is -3.37. The Kier molecular flexibility index (Phi) is 6.28. The van der Waals surface area contributed by atoms with Crippen molar-refractivity contribution in [2.45, 2.75) is 43.7 Å². The summed E-state index contributed by atoms with van der Waals surface area (Å²) in [7, 11) is -5.72. The van der Waals surface area contributed by atoms with Crippen molar-refractivity contribution in [1.82, 2.24) is 0 Å². The van der Waals surface area contributed by atoms with Crippen molar-refractivity contribution in [3.05, 3.63) is 0 Å². The summed E-state index contributed by atoms with van der Waals surface area (Å²) >= 11 is 0. The van der Waals surface area contributed by atoms with Gasteiger partial charge >= 0.3 is 25.9 Å². The Morgan fingerprint density at radius 2 is 1.57 bits per heavy atom. The molecule has 0 aromatic heterocycles. The first-order valence-electron chi connectivity index (χ1n) is 5.51. The van der Waals surface area contributed by atoms with Gasteiger partial charge in [0.15, 0.2) is 11.8 Å². The molecule has 12 heteroatoms. The first-order valence-corrected chi connectivity index (χ1v) is 7.12. The number of hydrogen-bond acceptors (Lipinski definition) is 3. The lowest BCUT2D eigenvalue weighted by atomic mass is 9.98. The van der Waals surface area contributed by atoms with Crippen LogP contribution in [0.5, 0.6) is 0 Å². The molecule has 0 saturated carbocycles. The predicted octanol–water partition coefficient (Wildman–Crippen LogP) is 2.76. The Morgan fingerprint density at radius 1 is 1.10 bits per heavy atom. The Bertz CT molecular complexity index is 414. The first kappa shape index (κ1) is 20.2. The van der Waals surface area contributed by atoms with Crippen LogP contribution < -0.4 is 0 Å². The van der Waals surface area contributed by atoms with Gasteiger partial charge in [0.05, 0.1) is 6.42 Å². The standard InChI is InChI=1S/C9H13F6O5P/c1-2-3-7(21(17,18)19,4-8(10,11)12)6(16)20-5-9(13,14)15/h2-5H2,1H3,(H2,17,18,19). The van der Waals surface area contributed by atoms with Gasteiger partial charge in [-0.1, -0.05) is 13.3 Å². The number of hydrogen-bond donors (Lipinski definition) is 2. The van der Waals surface area contributed by atoms with E-state index in [2.05, 4.69) is 4.74 Å². The topological polar surface area (TPSA) is 83.8 Å². The zero-order valence-corrected chi connectivity index (χ0v) is 11.6. The molecule has 5 nitrogen and oxygen atoms in total. The summed E-state index contributed by atoms with van der Waals surface area (Å²) in [5.41, 5.74) is 0. The van der Waals surface area contributed by atoms with Gasteiger partial charge in [0.25, 0.3) is 0 Å². The van der Waals surface area contributed by atoms with Gasteiger partial charge in [-0.15, -0.1) is 0 Å². The minimum absolute atomic E-state index is 0.275. The number of rotatable bonds is 6. The molecule has 0 radical (unpaired) electrons. The third-order valence-corrected chi connectivity index (χ3v) is 4.14. The highest BCUT2D eigenvalue weighted by atomic mass is 31.2. The van der Waals surface area contributed by atoms with E-state index >= 15 is 0 Å². The molecule has 1 atom stereocenters. The SMILES string of the molecule is CCCC(CC(F)(F)F)(C(=O)OCC(F)(F)F)P(=O)(O)O. The second-order valence-electron chi connectivity index (χ2n) is 4.31. The smallest absolute Gasteiger partial charge is 0.422 e. The summed E-state index contributed by atoms with van der Waals surface area (Å²) in [6.07, 6.45) is -13.7. The van der Waals surface area contributed by atoms with Crippen LogP contribution in [0.2, 0.25) is 0 Å². The van der Waals surface area contributed by atoms with Crippen LogP contribution in [-0.4, -0.2) is 39.9 Å². The van der Waals surface area contributed by atoms with E-state index < -0.39 is 50.5 Å². The van der Waals surface area contributed by atoms with Crippen molar-refractivity contribution in [3.8, 4) is 0 Å². The predicted molar refractivity (Wildman–Crippen MR) is 57.4 cm³/mol. The summed E-state index contributed by atoms with van der Waals surface area (Å²) in [6, 6.07) is 0. The van der Waals surface area contributed by atoms with Crippen LogP contribution >= 0.6 is 7.60 Å². The van der Waals surface area contributed by atoms with Crippen LogP contribution in [0.4, 0.5) is 26.3 Å². The molecule has 0 aliphatic rings. The van der Waals surface area contributed by atoms with E-state index in [1.807, 2.05) is 0 Å². The third-order valence-electron chi connectivity index (χ3n) is 2.46. The Labute approximate surface area is 115 Å². The molecule has 0 fully saturated rings. The van der Waals surface area contributed by atoms with Gasteiger partial charge < -0.3 is 14.5 Å². The van der Waals surface area contributed by atoms with E-state index in [4.69, 9.17) is 9.79 Å². The van der Waals surface area contributed by atoms with E-state index in [9.17, 15) is 35.7 Å². The third kappa shape index (κ3) is 6.23. The average molecular weight is 346 g/mol. The molecule has 0 aromatic rings. The largest absolute Gasteiger partial charge is 0.455 e.